The van der Waals surface area contributed by atoms with Crippen molar-refractivity contribution in [2.24, 2.45) is 5.92 Å². The maximum absolute atomic E-state index is 11.6. The van der Waals surface area contributed by atoms with Crippen LogP contribution in [0.3, 0.4) is 0 Å². The van der Waals surface area contributed by atoms with Crippen molar-refractivity contribution in [3.8, 4) is 0 Å². The number of Topliss-reactive ketones (excluding diaryl/α,β-unsaturated/α-hetero) is 1. The van der Waals surface area contributed by atoms with Crippen LogP contribution in [0.1, 0.15) is 25.7 Å². The van der Waals surface area contributed by atoms with Gasteiger partial charge in [0.15, 0.2) is 0 Å². The van der Waals surface area contributed by atoms with Crippen LogP contribution in [-0.2, 0) is 19.4 Å². The highest BCUT2D eigenvalue weighted by molar-refractivity contribution is 7.90. The Hall–Kier alpha value is -0.420. The molecule has 0 aromatic heterocycles. The van der Waals surface area contributed by atoms with Gasteiger partial charge in [-0.15, -0.1) is 0 Å². The van der Waals surface area contributed by atoms with E-state index in [0.29, 0.717) is 19.4 Å². The van der Waals surface area contributed by atoms with Crippen LogP contribution in [0.15, 0.2) is 0 Å². The molecule has 0 amide bonds. The van der Waals surface area contributed by atoms with Crippen molar-refractivity contribution in [2.75, 3.05) is 25.2 Å². The molecule has 0 bridgehead atoms. The number of carbonyl (C=O) groups excluding carboxylic acids is 1. The van der Waals surface area contributed by atoms with Gasteiger partial charge in [-0.2, -0.15) is 0 Å². The third kappa shape index (κ3) is 5.28. The number of carbonyl (C=O) groups is 1. The number of hydrogen-bond acceptors (Lipinski definition) is 4. The summed E-state index contributed by atoms with van der Waals surface area (Å²) in [6.45, 7) is 1.25. The van der Waals surface area contributed by atoms with E-state index >= 15 is 0 Å². The predicted molar refractivity (Wildman–Crippen MR) is 57.5 cm³/mol. The molecule has 0 spiro atoms. The van der Waals surface area contributed by atoms with Crippen LogP contribution in [0.4, 0.5) is 0 Å². The third-order valence-electron chi connectivity index (χ3n) is 2.55. The number of rotatable bonds is 5. The molecule has 0 N–H and O–H groups in total. The van der Waals surface area contributed by atoms with Crippen LogP contribution < -0.4 is 0 Å². The lowest BCUT2D eigenvalue weighted by atomic mass is 9.95. The standard InChI is InChI=1S/C10H18O4S/c1-15(12,13)7-3-5-10(11)9-4-2-6-14-8-9/h9H,2-8H2,1H3. The fraction of sp³-hybridized carbons (Fsp3) is 0.900. The van der Waals surface area contributed by atoms with Crippen LogP contribution in [0.2, 0.25) is 0 Å². The summed E-state index contributed by atoms with van der Waals surface area (Å²) in [6.07, 6.45) is 3.82. The zero-order valence-corrected chi connectivity index (χ0v) is 9.88. The van der Waals surface area contributed by atoms with Crippen LogP contribution >= 0.6 is 0 Å². The van der Waals surface area contributed by atoms with Gasteiger partial charge in [0.2, 0.25) is 0 Å². The summed E-state index contributed by atoms with van der Waals surface area (Å²) in [5.41, 5.74) is 0. The summed E-state index contributed by atoms with van der Waals surface area (Å²) in [4.78, 5) is 11.6. The minimum atomic E-state index is -2.93. The van der Waals surface area contributed by atoms with Crippen LogP contribution in [-0.4, -0.2) is 39.4 Å². The Kier molecular flexibility index (Phi) is 4.73. The molecule has 0 aliphatic carbocycles. The maximum Gasteiger partial charge on any atom is 0.147 e. The average molecular weight is 234 g/mol. The van der Waals surface area contributed by atoms with Gasteiger partial charge in [-0.1, -0.05) is 0 Å². The second kappa shape index (κ2) is 5.61. The summed E-state index contributed by atoms with van der Waals surface area (Å²) in [7, 11) is -2.93. The maximum atomic E-state index is 11.6. The molecule has 0 aromatic rings. The summed E-state index contributed by atoms with van der Waals surface area (Å²) in [5, 5.41) is 0. The molecule has 5 heteroatoms. The largest absolute Gasteiger partial charge is 0.381 e. The minimum Gasteiger partial charge on any atom is -0.381 e. The second-order valence-corrected chi connectivity index (χ2v) is 6.37. The molecule has 1 aliphatic heterocycles. The van der Waals surface area contributed by atoms with E-state index < -0.39 is 9.84 Å². The Balaban J connectivity index is 2.23. The van der Waals surface area contributed by atoms with Gasteiger partial charge >= 0.3 is 0 Å². The van der Waals surface area contributed by atoms with Gasteiger partial charge in [-0.3, -0.25) is 4.79 Å². The predicted octanol–water partition coefficient (Wildman–Crippen LogP) is 0.807. The van der Waals surface area contributed by atoms with Crippen molar-refractivity contribution >= 4 is 15.6 Å². The molecule has 1 fully saturated rings. The van der Waals surface area contributed by atoms with Gasteiger partial charge in [0.05, 0.1) is 12.4 Å². The SMILES string of the molecule is CS(=O)(=O)CCCC(=O)C1CCCOC1. The molecule has 1 unspecified atom stereocenters. The zero-order chi connectivity index (χ0) is 11.3. The number of sulfone groups is 1. The van der Waals surface area contributed by atoms with E-state index in [-0.39, 0.29) is 17.5 Å². The number of hydrogen-bond donors (Lipinski definition) is 0. The Labute approximate surface area is 90.9 Å². The van der Waals surface area contributed by atoms with E-state index in [4.69, 9.17) is 4.74 Å². The molecule has 0 radical (unpaired) electrons. The topological polar surface area (TPSA) is 60.4 Å². The summed E-state index contributed by atoms with van der Waals surface area (Å²) >= 11 is 0. The summed E-state index contributed by atoms with van der Waals surface area (Å²) in [5.74, 6) is 0.253. The fourth-order valence-corrected chi connectivity index (χ4v) is 2.38. The Morgan fingerprint density at radius 2 is 2.20 bits per heavy atom. The Morgan fingerprint density at radius 3 is 2.73 bits per heavy atom. The molecule has 1 atom stereocenters. The summed E-state index contributed by atoms with van der Waals surface area (Å²) in [6, 6.07) is 0. The first-order valence-electron chi connectivity index (χ1n) is 5.27. The van der Waals surface area contributed by atoms with E-state index in [0.717, 1.165) is 19.4 Å². The highest BCUT2D eigenvalue weighted by Gasteiger charge is 2.21. The first-order chi connectivity index (χ1) is 6.99. The first-order valence-corrected chi connectivity index (χ1v) is 7.33. The van der Waals surface area contributed by atoms with Crippen molar-refractivity contribution in [3.63, 3.8) is 0 Å². The van der Waals surface area contributed by atoms with Crippen molar-refractivity contribution in [1.29, 1.82) is 0 Å². The quantitative estimate of drug-likeness (QED) is 0.706. The lowest BCUT2D eigenvalue weighted by Crippen LogP contribution is -2.25. The molecule has 15 heavy (non-hydrogen) atoms. The highest BCUT2D eigenvalue weighted by Crippen LogP contribution is 2.16. The smallest absolute Gasteiger partial charge is 0.147 e. The molecule has 1 saturated heterocycles. The molecule has 1 aliphatic rings. The van der Waals surface area contributed by atoms with E-state index in [9.17, 15) is 13.2 Å². The van der Waals surface area contributed by atoms with Crippen molar-refractivity contribution < 1.29 is 17.9 Å². The molecule has 4 nitrogen and oxygen atoms in total. The van der Waals surface area contributed by atoms with Gasteiger partial charge in [0.1, 0.15) is 15.6 Å². The van der Waals surface area contributed by atoms with Gasteiger partial charge < -0.3 is 4.74 Å². The number of ether oxygens (including phenoxy) is 1. The molecule has 88 valence electrons. The van der Waals surface area contributed by atoms with E-state index in [1.165, 1.54) is 6.26 Å². The van der Waals surface area contributed by atoms with Crippen molar-refractivity contribution in [1.82, 2.24) is 0 Å². The van der Waals surface area contributed by atoms with Gasteiger partial charge in [0.25, 0.3) is 0 Å². The van der Waals surface area contributed by atoms with Crippen molar-refractivity contribution in [3.05, 3.63) is 0 Å². The highest BCUT2D eigenvalue weighted by atomic mass is 32.2. The Morgan fingerprint density at radius 1 is 1.47 bits per heavy atom. The second-order valence-electron chi connectivity index (χ2n) is 4.11. The summed E-state index contributed by atoms with van der Waals surface area (Å²) < 4.78 is 26.9. The average Bonchev–Trinajstić information content (AvgIpc) is 2.17. The van der Waals surface area contributed by atoms with Crippen LogP contribution in [0, 0.1) is 5.92 Å². The van der Waals surface area contributed by atoms with Gasteiger partial charge in [-0.25, -0.2) is 8.42 Å². The molecule has 1 heterocycles. The molecule has 0 saturated carbocycles. The lowest BCUT2D eigenvalue weighted by molar-refractivity contribution is -0.126. The fourth-order valence-electron chi connectivity index (χ4n) is 1.71. The van der Waals surface area contributed by atoms with Crippen LogP contribution in [0.25, 0.3) is 0 Å². The minimum absolute atomic E-state index is 0.00156. The molecular formula is C10H18O4S. The van der Waals surface area contributed by atoms with E-state index in [1.807, 2.05) is 0 Å². The lowest BCUT2D eigenvalue weighted by Gasteiger charge is -2.20. The normalized spacial score (nSPS) is 22.6. The first kappa shape index (κ1) is 12.6. The van der Waals surface area contributed by atoms with Crippen molar-refractivity contribution in [2.45, 2.75) is 25.7 Å². The molecular weight excluding hydrogens is 216 g/mol. The zero-order valence-electron chi connectivity index (χ0n) is 9.07. The number of ketones is 1. The van der Waals surface area contributed by atoms with E-state index in [1.54, 1.807) is 0 Å². The van der Waals surface area contributed by atoms with E-state index in [2.05, 4.69) is 0 Å². The Bertz CT molecular complexity index is 301. The van der Waals surface area contributed by atoms with Crippen LogP contribution in [0.5, 0.6) is 0 Å². The monoisotopic (exact) mass is 234 g/mol. The molecule has 1 rings (SSSR count). The third-order valence-corrected chi connectivity index (χ3v) is 3.58. The van der Waals surface area contributed by atoms with Gasteiger partial charge in [0, 0.05) is 25.2 Å². The van der Waals surface area contributed by atoms with Gasteiger partial charge in [-0.05, 0) is 19.3 Å². The molecule has 0 aromatic carbocycles.